The molecule has 1 aliphatic rings. The largest absolute Gasteiger partial charge is 0.490 e. The number of hydrogen-bond donors (Lipinski definition) is 2. The van der Waals surface area contributed by atoms with E-state index in [1.165, 1.54) is 16.5 Å². The van der Waals surface area contributed by atoms with Crippen molar-refractivity contribution in [2.45, 2.75) is 19.1 Å². The van der Waals surface area contributed by atoms with Crippen molar-refractivity contribution >= 4 is 33.1 Å². The second-order valence-electron chi connectivity index (χ2n) is 4.29. The molecule has 6 nitrogen and oxygen atoms in total. The summed E-state index contributed by atoms with van der Waals surface area (Å²) >= 11 is 3.50. The van der Waals surface area contributed by atoms with E-state index in [1.807, 2.05) is 12.4 Å². The Kier molecular flexibility index (Phi) is 4.47. The number of nitrogens with zero attached hydrogens (tertiary/aromatic N) is 3. The second-order valence-corrected chi connectivity index (χ2v) is 5.29. The van der Waals surface area contributed by atoms with E-state index < -0.39 is 12.1 Å². The molecule has 0 atom stereocenters. The number of carbonyl (C=O) groups is 1. The summed E-state index contributed by atoms with van der Waals surface area (Å²) in [5.41, 5.74) is 3.58. The third-order valence-corrected chi connectivity index (χ3v) is 3.48. The van der Waals surface area contributed by atoms with Gasteiger partial charge in [0.1, 0.15) is 0 Å². The molecule has 0 saturated carbocycles. The molecule has 10 heteroatoms. The van der Waals surface area contributed by atoms with E-state index in [-0.39, 0.29) is 0 Å². The first-order valence-corrected chi connectivity index (χ1v) is 6.50. The van der Waals surface area contributed by atoms with Crippen molar-refractivity contribution in [1.29, 1.82) is 0 Å². The summed E-state index contributed by atoms with van der Waals surface area (Å²) in [7, 11) is 0. The predicted molar refractivity (Wildman–Crippen MR) is 70.6 cm³/mol. The van der Waals surface area contributed by atoms with E-state index in [1.54, 1.807) is 0 Å². The van der Waals surface area contributed by atoms with E-state index >= 15 is 0 Å². The van der Waals surface area contributed by atoms with Gasteiger partial charge in [-0.25, -0.2) is 13.7 Å². The maximum Gasteiger partial charge on any atom is 0.490 e. The van der Waals surface area contributed by atoms with Crippen LogP contribution in [0, 0.1) is 0 Å². The van der Waals surface area contributed by atoms with Gasteiger partial charge in [0.15, 0.2) is 5.65 Å². The van der Waals surface area contributed by atoms with Gasteiger partial charge in [-0.3, -0.25) is 5.10 Å². The van der Waals surface area contributed by atoms with Crippen LogP contribution in [0.25, 0.3) is 11.0 Å². The van der Waals surface area contributed by atoms with Gasteiger partial charge in [-0.1, -0.05) is 0 Å². The molecule has 3 heterocycles. The van der Waals surface area contributed by atoms with Crippen LogP contribution >= 0.6 is 16.1 Å². The number of hydrogen-bond acceptors (Lipinski definition) is 4. The average molecular weight is 367 g/mol. The minimum absolute atomic E-state index is 0.895. The molecule has 0 spiro atoms. The number of pyridine rings is 1. The van der Waals surface area contributed by atoms with Crippen LogP contribution in [0.2, 0.25) is 0 Å². The lowest BCUT2D eigenvalue weighted by atomic mass is 10.0. The molecule has 21 heavy (non-hydrogen) atoms. The van der Waals surface area contributed by atoms with Crippen LogP contribution in [0.5, 0.6) is 0 Å². The zero-order valence-corrected chi connectivity index (χ0v) is 12.1. The number of nitrogens with one attached hydrogen (secondary N) is 1. The Morgan fingerprint density at radius 3 is 2.71 bits per heavy atom. The summed E-state index contributed by atoms with van der Waals surface area (Å²) in [5, 5.41) is 15.2. The quantitative estimate of drug-likeness (QED) is 0.699. The highest BCUT2D eigenvalue weighted by Crippen LogP contribution is 2.25. The third kappa shape index (κ3) is 3.70. The fourth-order valence-corrected chi connectivity index (χ4v) is 2.37. The number of rotatable bonds is 0. The first-order valence-electron chi connectivity index (χ1n) is 5.79. The summed E-state index contributed by atoms with van der Waals surface area (Å²) in [6.07, 6.45) is -0.229. The number of carboxylic acids is 1. The normalized spacial score (nSPS) is 15.2. The molecular formula is C11H10BrF3N4O2. The lowest BCUT2D eigenvalue weighted by Crippen LogP contribution is -2.22. The van der Waals surface area contributed by atoms with Crippen molar-refractivity contribution in [3.8, 4) is 0 Å². The maximum atomic E-state index is 10.6. The number of aliphatic carboxylic acids is 1. The zero-order chi connectivity index (χ0) is 15.6. The first kappa shape index (κ1) is 15.7. The molecule has 3 rings (SSSR count). The van der Waals surface area contributed by atoms with Crippen molar-refractivity contribution in [1.82, 2.24) is 19.1 Å². The molecule has 0 aromatic carbocycles. The average Bonchev–Trinajstić information content (AvgIpc) is 2.86. The SMILES string of the molecule is BrN1CCc2c(cnc3[nH]ncc23)C1.O=C(O)C(F)(F)F. The van der Waals surface area contributed by atoms with Crippen LogP contribution < -0.4 is 0 Å². The van der Waals surface area contributed by atoms with Crippen molar-refractivity contribution in [3.05, 3.63) is 23.5 Å². The molecule has 114 valence electrons. The van der Waals surface area contributed by atoms with Gasteiger partial charge in [-0.15, -0.1) is 0 Å². The molecule has 0 unspecified atom stereocenters. The van der Waals surface area contributed by atoms with E-state index in [4.69, 9.17) is 9.90 Å². The highest BCUT2D eigenvalue weighted by molar-refractivity contribution is 9.07. The Balaban J connectivity index is 0.000000199. The molecule has 2 aromatic heterocycles. The molecule has 0 bridgehead atoms. The van der Waals surface area contributed by atoms with Gasteiger partial charge in [0.05, 0.1) is 6.20 Å². The molecule has 0 saturated heterocycles. The molecule has 2 aromatic rings. The number of fused-ring (bicyclic) bond motifs is 3. The summed E-state index contributed by atoms with van der Waals surface area (Å²) in [4.78, 5) is 13.2. The number of carboxylic acid groups (broad SMARTS) is 1. The van der Waals surface area contributed by atoms with E-state index in [0.29, 0.717) is 0 Å². The number of aromatic nitrogens is 3. The highest BCUT2D eigenvalue weighted by Gasteiger charge is 2.38. The molecular weight excluding hydrogens is 357 g/mol. The molecule has 0 radical (unpaired) electrons. The van der Waals surface area contributed by atoms with Crippen molar-refractivity contribution < 1.29 is 23.1 Å². The number of alkyl halides is 3. The van der Waals surface area contributed by atoms with E-state index in [2.05, 4.69) is 35.3 Å². The fraction of sp³-hybridized carbons (Fsp3) is 0.364. The smallest absolute Gasteiger partial charge is 0.475 e. The van der Waals surface area contributed by atoms with Crippen molar-refractivity contribution in [3.63, 3.8) is 0 Å². The van der Waals surface area contributed by atoms with Crippen LogP contribution in [0.4, 0.5) is 13.2 Å². The molecule has 0 aliphatic carbocycles. The minimum atomic E-state index is -5.08. The second kappa shape index (κ2) is 5.98. The first-order chi connectivity index (χ1) is 9.79. The topological polar surface area (TPSA) is 82.1 Å². The highest BCUT2D eigenvalue weighted by atomic mass is 79.9. The molecule has 2 N–H and O–H groups in total. The van der Waals surface area contributed by atoms with Crippen LogP contribution in [0.3, 0.4) is 0 Å². The summed E-state index contributed by atoms with van der Waals surface area (Å²) in [5.74, 6) is -2.76. The third-order valence-electron chi connectivity index (χ3n) is 2.87. The van der Waals surface area contributed by atoms with Gasteiger partial charge in [-0.05, 0) is 17.5 Å². The fourth-order valence-electron chi connectivity index (χ4n) is 1.92. The predicted octanol–water partition coefficient (Wildman–Crippen LogP) is 2.26. The Morgan fingerprint density at radius 2 is 2.10 bits per heavy atom. The number of aromatic amines is 1. The van der Waals surface area contributed by atoms with Gasteiger partial charge >= 0.3 is 12.1 Å². The van der Waals surface area contributed by atoms with E-state index in [0.717, 1.165) is 25.2 Å². The van der Waals surface area contributed by atoms with Crippen molar-refractivity contribution in [2.75, 3.05) is 6.54 Å². The Hall–Kier alpha value is -1.68. The summed E-state index contributed by atoms with van der Waals surface area (Å²) in [6.45, 7) is 1.96. The Morgan fingerprint density at radius 1 is 1.43 bits per heavy atom. The summed E-state index contributed by atoms with van der Waals surface area (Å²) in [6, 6.07) is 0. The number of H-pyrrole nitrogens is 1. The van der Waals surface area contributed by atoms with Gasteiger partial charge < -0.3 is 5.11 Å². The minimum Gasteiger partial charge on any atom is -0.475 e. The standard InChI is InChI=1S/C9H9BrN4.C2HF3O2/c10-14-2-1-7-6(5-14)3-11-9-8(7)4-12-13-9;3-2(4,5)1(6)7/h3-4H,1-2,5H2,(H,11,12,13);(H,6,7). The molecule has 0 fully saturated rings. The lowest BCUT2D eigenvalue weighted by molar-refractivity contribution is -0.192. The van der Waals surface area contributed by atoms with Crippen LogP contribution in [0.1, 0.15) is 11.1 Å². The van der Waals surface area contributed by atoms with Crippen LogP contribution in [-0.2, 0) is 17.8 Å². The van der Waals surface area contributed by atoms with E-state index in [9.17, 15) is 13.2 Å². The Labute approximate surface area is 125 Å². The molecule has 1 aliphatic heterocycles. The van der Waals surface area contributed by atoms with Gasteiger partial charge in [-0.2, -0.15) is 18.3 Å². The Bertz CT molecular complexity index is 658. The summed E-state index contributed by atoms with van der Waals surface area (Å²) < 4.78 is 33.9. The zero-order valence-electron chi connectivity index (χ0n) is 10.5. The van der Waals surface area contributed by atoms with Gasteiger partial charge in [0, 0.05) is 40.8 Å². The van der Waals surface area contributed by atoms with Crippen LogP contribution in [-0.4, -0.2) is 42.9 Å². The van der Waals surface area contributed by atoms with Gasteiger partial charge in [0.2, 0.25) is 0 Å². The van der Waals surface area contributed by atoms with Crippen molar-refractivity contribution in [2.24, 2.45) is 0 Å². The number of halogens is 4. The van der Waals surface area contributed by atoms with Crippen LogP contribution in [0.15, 0.2) is 12.4 Å². The maximum absolute atomic E-state index is 10.6. The lowest BCUT2D eigenvalue weighted by Gasteiger charge is -2.22. The monoisotopic (exact) mass is 366 g/mol. The molecule has 0 amide bonds. The van der Waals surface area contributed by atoms with Gasteiger partial charge in [0.25, 0.3) is 0 Å².